The van der Waals surface area contributed by atoms with Crippen LogP contribution in [0.2, 0.25) is 0 Å². The number of rotatable bonds is 11. The smallest absolute Gasteiger partial charge is 0.358 e. The summed E-state index contributed by atoms with van der Waals surface area (Å²) in [6.45, 7) is 6.15. The molecule has 37 heavy (non-hydrogen) atoms. The zero-order valence-corrected chi connectivity index (χ0v) is 23.0. The third-order valence-electron chi connectivity index (χ3n) is 5.61. The number of sulfonamides is 1. The molecule has 0 bridgehead atoms. The number of amides is 2. The maximum absolute atomic E-state index is 13.3. The molecule has 0 aliphatic carbocycles. The molecule has 0 radical (unpaired) electrons. The van der Waals surface area contributed by atoms with Gasteiger partial charge in [0.15, 0.2) is 5.69 Å². The van der Waals surface area contributed by atoms with Gasteiger partial charge in [0.1, 0.15) is 5.03 Å². The SMILES string of the molecule is CCCNC(=O)NS(=O)(=O)c1cc(Cn2cnc(SC)c2C(=O)OC(C)CC)ccc1-c1ccccc1. The molecule has 0 saturated carbocycles. The van der Waals surface area contributed by atoms with Crippen LogP contribution in [0.25, 0.3) is 11.1 Å². The summed E-state index contributed by atoms with van der Waals surface area (Å²) in [5, 5.41) is 3.05. The van der Waals surface area contributed by atoms with Gasteiger partial charge in [-0.15, -0.1) is 11.8 Å². The molecule has 9 nitrogen and oxygen atoms in total. The number of esters is 1. The zero-order chi connectivity index (χ0) is 27.0. The van der Waals surface area contributed by atoms with E-state index >= 15 is 0 Å². The Hall–Kier alpha value is -3.31. The minimum Gasteiger partial charge on any atom is -0.458 e. The number of imidazole rings is 1. The Labute approximate surface area is 222 Å². The minimum atomic E-state index is -4.21. The summed E-state index contributed by atoms with van der Waals surface area (Å²) in [6, 6.07) is 13.3. The number of hydrogen-bond acceptors (Lipinski definition) is 7. The lowest BCUT2D eigenvalue weighted by molar-refractivity contribution is 0.0317. The van der Waals surface area contributed by atoms with Gasteiger partial charge in [0.2, 0.25) is 0 Å². The lowest BCUT2D eigenvalue weighted by Crippen LogP contribution is -2.39. The fraction of sp³-hybridized carbons (Fsp3) is 0.346. The molecule has 3 aromatic rings. The Morgan fingerprint density at radius 2 is 1.86 bits per heavy atom. The third-order valence-corrected chi connectivity index (χ3v) is 7.67. The first-order valence-electron chi connectivity index (χ1n) is 12.0. The van der Waals surface area contributed by atoms with Crippen molar-refractivity contribution in [2.24, 2.45) is 0 Å². The van der Waals surface area contributed by atoms with E-state index in [9.17, 15) is 18.0 Å². The standard InChI is InChI=1S/C26H32N4O5S2/c1-5-14-27-26(32)29-37(33,34)22-15-19(12-13-21(22)20-10-8-7-9-11-20)16-30-17-28-24(36-4)23(30)25(31)35-18(3)6-2/h7-13,15,17-18H,5-6,14,16H2,1-4H3,(H2,27,29,32). The minimum absolute atomic E-state index is 0.0446. The third kappa shape index (κ3) is 7.14. The van der Waals surface area contributed by atoms with Crippen molar-refractivity contribution < 1.29 is 22.7 Å². The predicted octanol–water partition coefficient (Wildman–Crippen LogP) is 4.67. The number of carbonyl (C=O) groups excluding carboxylic acids is 2. The highest BCUT2D eigenvalue weighted by Gasteiger charge is 2.25. The first kappa shape index (κ1) is 28.3. The van der Waals surface area contributed by atoms with Gasteiger partial charge in [-0.25, -0.2) is 27.7 Å². The van der Waals surface area contributed by atoms with E-state index in [2.05, 4.69) is 15.0 Å². The van der Waals surface area contributed by atoms with Crippen LogP contribution >= 0.6 is 11.8 Å². The molecule has 2 amide bonds. The molecule has 0 saturated heterocycles. The van der Waals surface area contributed by atoms with E-state index in [1.54, 1.807) is 28.8 Å². The first-order valence-corrected chi connectivity index (χ1v) is 14.7. The Balaban J connectivity index is 2.03. The lowest BCUT2D eigenvalue weighted by Gasteiger charge is -2.16. The number of carbonyl (C=O) groups is 2. The Kier molecular flexibility index (Phi) is 9.76. The summed E-state index contributed by atoms with van der Waals surface area (Å²) in [5.41, 5.74) is 2.05. The maximum atomic E-state index is 13.3. The van der Waals surface area contributed by atoms with E-state index < -0.39 is 22.0 Å². The second-order valence-corrected chi connectivity index (χ2v) is 10.9. The molecule has 0 fully saturated rings. The fourth-order valence-electron chi connectivity index (χ4n) is 3.55. The monoisotopic (exact) mass is 544 g/mol. The highest BCUT2D eigenvalue weighted by molar-refractivity contribution is 7.98. The molecular formula is C26H32N4O5S2. The fourth-order valence-corrected chi connectivity index (χ4v) is 5.31. The molecular weight excluding hydrogens is 512 g/mol. The molecule has 0 aliphatic rings. The van der Waals surface area contributed by atoms with Gasteiger partial charge in [0.05, 0.1) is 17.3 Å². The summed E-state index contributed by atoms with van der Waals surface area (Å²) >= 11 is 1.33. The number of nitrogens with one attached hydrogen (secondary N) is 2. The van der Waals surface area contributed by atoms with Crippen LogP contribution in [0, 0.1) is 0 Å². The van der Waals surface area contributed by atoms with Gasteiger partial charge < -0.3 is 14.6 Å². The molecule has 1 heterocycles. The van der Waals surface area contributed by atoms with E-state index in [0.29, 0.717) is 46.8 Å². The van der Waals surface area contributed by atoms with Crippen molar-refractivity contribution >= 4 is 33.8 Å². The maximum Gasteiger partial charge on any atom is 0.358 e. The van der Waals surface area contributed by atoms with Gasteiger partial charge in [-0.3, -0.25) is 0 Å². The van der Waals surface area contributed by atoms with Crippen molar-refractivity contribution in [2.75, 3.05) is 12.8 Å². The molecule has 11 heteroatoms. The van der Waals surface area contributed by atoms with Crippen molar-refractivity contribution in [1.82, 2.24) is 19.6 Å². The van der Waals surface area contributed by atoms with Gasteiger partial charge in [-0.2, -0.15) is 0 Å². The van der Waals surface area contributed by atoms with Crippen LogP contribution in [0.4, 0.5) is 4.79 Å². The number of benzene rings is 2. The number of thioether (sulfide) groups is 1. The van der Waals surface area contributed by atoms with Crippen molar-refractivity contribution in [3.63, 3.8) is 0 Å². The summed E-state index contributed by atoms with van der Waals surface area (Å²) in [6.07, 6.45) is 4.45. The lowest BCUT2D eigenvalue weighted by atomic mass is 10.0. The summed E-state index contributed by atoms with van der Waals surface area (Å²) in [5.74, 6) is -0.487. The number of aromatic nitrogens is 2. The van der Waals surface area contributed by atoms with Crippen molar-refractivity contribution in [1.29, 1.82) is 0 Å². The topological polar surface area (TPSA) is 119 Å². The number of ether oxygens (including phenoxy) is 1. The average Bonchev–Trinajstić information content (AvgIpc) is 3.30. The Morgan fingerprint density at radius 1 is 1.14 bits per heavy atom. The van der Waals surface area contributed by atoms with Crippen molar-refractivity contribution in [3.8, 4) is 11.1 Å². The molecule has 1 aromatic heterocycles. The zero-order valence-electron chi connectivity index (χ0n) is 21.4. The first-order chi connectivity index (χ1) is 17.7. The van der Waals surface area contributed by atoms with Crippen molar-refractivity contribution in [2.45, 2.75) is 56.2 Å². The van der Waals surface area contributed by atoms with Gasteiger partial charge in [0, 0.05) is 18.7 Å². The van der Waals surface area contributed by atoms with Crippen LogP contribution in [0.5, 0.6) is 0 Å². The van der Waals surface area contributed by atoms with Gasteiger partial charge in [-0.1, -0.05) is 56.3 Å². The van der Waals surface area contributed by atoms with Gasteiger partial charge >= 0.3 is 12.0 Å². The highest BCUT2D eigenvalue weighted by atomic mass is 32.2. The van der Waals surface area contributed by atoms with Crippen LogP contribution in [-0.2, 0) is 21.3 Å². The largest absolute Gasteiger partial charge is 0.458 e. The molecule has 0 spiro atoms. The van der Waals surface area contributed by atoms with Crippen LogP contribution in [0.3, 0.4) is 0 Å². The molecule has 198 valence electrons. The molecule has 1 atom stereocenters. The highest BCUT2D eigenvalue weighted by Crippen LogP contribution is 2.29. The summed E-state index contributed by atoms with van der Waals surface area (Å²) in [7, 11) is -4.21. The Morgan fingerprint density at radius 3 is 2.51 bits per heavy atom. The van der Waals surface area contributed by atoms with Crippen molar-refractivity contribution in [3.05, 3.63) is 66.1 Å². The molecule has 0 aliphatic heterocycles. The predicted molar refractivity (Wildman–Crippen MR) is 144 cm³/mol. The van der Waals surface area contributed by atoms with Crippen LogP contribution in [-0.4, -0.2) is 48.9 Å². The van der Waals surface area contributed by atoms with Crippen LogP contribution in [0.1, 0.15) is 49.7 Å². The van der Waals surface area contributed by atoms with Crippen LogP contribution < -0.4 is 10.0 Å². The number of urea groups is 1. The van der Waals surface area contributed by atoms with Gasteiger partial charge in [-0.05, 0) is 43.2 Å². The van der Waals surface area contributed by atoms with E-state index in [1.165, 1.54) is 24.2 Å². The quantitative estimate of drug-likeness (QED) is 0.266. The normalized spacial score (nSPS) is 12.1. The number of nitrogens with zero attached hydrogens (tertiary/aromatic N) is 2. The summed E-state index contributed by atoms with van der Waals surface area (Å²) in [4.78, 5) is 29.4. The molecule has 2 aromatic carbocycles. The van der Waals surface area contributed by atoms with Crippen LogP contribution in [0.15, 0.2) is 64.8 Å². The Bertz CT molecular complexity index is 1340. The van der Waals surface area contributed by atoms with E-state index in [0.717, 1.165) is 0 Å². The second-order valence-electron chi connectivity index (χ2n) is 8.41. The molecule has 2 N–H and O–H groups in total. The molecule has 1 unspecified atom stereocenters. The molecule has 3 rings (SSSR count). The van der Waals surface area contributed by atoms with E-state index in [-0.39, 0.29) is 17.5 Å². The number of hydrogen-bond donors (Lipinski definition) is 2. The van der Waals surface area contributed by atoms with E-state index in [4.69, 9.17) is 4.74 Å². The second kappa shape index (κ2) is 12.8. The summed E-state index contributed by atoms with van der Waals surface area (Å²) < 4.78 is 35.9. The van der Waals surface area contributed by atoms with Gasteiger partial charge in [0.25, 0.3) is 10.0 Å². The van der Waals surface area contributed by atoms with E-state index in [1.807, 2.05) is 45.2 Å². The average molecular weight is 545 g/mol.